The van der Waals surface area contributed by atoms with Crippen LogP contribution < -0.4 is 0 Å². The molecule has 0 aromatic carbocycles. The monoisotopic (exact) mass is 855 g/mol. The summed E-state index contributed by atoms with van der Waals surface area (Å²) >= 11 is 0. The molecular weight excluding hydrogens is 767 g/mol. The van der Waals surface area contributed by atoms with Gasteiger partial charge in [-0.3, -0.25) is 9.59 Å². The van der Waals surface area contributed by atoms with E-state index in [1.54, 1.807) is 0 Å². The summed E-state index contributed by atoms with van der Waals surface area (Å²) in [5, 5.41) is 9.65. The van der Waals surface area contributed by atoms with Crippen molar-refractivity contribution in [3.05, 3.63) is 85.1 Å². The lowest BCUT2D eigenvalue weighted by molar-refractivity contribution is -0.870. The molecular formula is C52H88NO8+. The van der Waals surface area contributed by atoms with Crippen LogP contribution in [0.15, 0.2) is 85.1 Å². The molecule has 0 aliphatic heterocycles. The van der Waals surface area contributed by atoms with Crippen LogP contribution in [0.1, 0.15) is 168 Å². The van der Waals surface area contributed by atoms with Crippen LogP contribution in [-0.4, -0.2) is 87.4 Å². The van der Waals surface area contributed by atoms with Crippen molar-refractivity contribution in [2.75, 3.05) is 47.5 Å². The van der Waals surface area contributed by atoms with Crippen molar-refractivity contribution in [3.8, 4) is 0 Å². The fourth-order valence-electron chi connectivity index (χ4n) is 5.95. The maximum atomic E-state index is 12.8. The molecule has 0 aromatic heterocycles. The molecule has 0 saturated carbocycles. The molecule has 0 rings (SSSR count). The van der Waals surface area contributed by atoms with E-state index in [0.717, 1.165) is 109 Å². The minimum Gasteiger partial charge on any atom is -0.477 e. The van der Waals surface area contributed by atoms with E-state index in [1.807, 2.05) is 21.1 Å². The molecule has 0 radical (unpaired) electrons. The number of carbonyl (C=O) groups excluding carboxylic acids is 2. The van der Waals surface area contributed by atoms with Gasteiger partial charge in [0.2, 0.25) is 0 Å². The number of nitrogens with zero attached hydrogens (tertiary/aromatic N) is 1. The molecule has 0 spiro atoms. The van der Waals surface area contributed by atoms with E-state index >= 15 is 0 Å². The minimum absolute atomic E-state index is 0.176. The quantitative estimate of drug-likeness (QED) is 0.0213. The highest BCUT2D eigenvalue weighted by Gasteiger charge is 2.25. The van der Waals surface area contributed by atoms with Crippen molar-refractivity contribution in [1.82, 2.24) is 0 Å². The summed E-state index contributed by atoms with van der Waals surface area (Å²) in [7, 11) is 5.94. The molecule has 1 N–H and O–H groups in total. The third-order valence-corrected chi connectivity index (χ3v) is 9.64. The van der Waals surface area contributed by atoms with Gasteiger partial charge in [-0.2, -0.15) is 0 Å². The van der Waals surface area contributed by atoms with Crippen molar-refractivity contribution in [2.24, 2.45) is 0 Å². The molecule has 61 heavy (non-hydrogen) atoms. The van der Waals surface area contributed by atoms with Gasteiger partial charge in [0.15, 0.2) is 6.10 Å². The molecule has 0 fully saturated rings. The number of ether oxygens (including phenoxy) is 4. The third-order valence-electron chi connectivity index (χ3n) is 9.64. The molecule has 0 saturated heterocycles. The highest BCUT2D eigenvalue weighted by atomic mass is 16.7. The normalized spacial score (nSPS) is 13.7. The molecule has 9 heteroatoms. The van der Waals surface area contributed by atoms with Gasteiger partial charge in [-0.1, -0.05) is 150 Å². The fraction of sp³-hybridized carbons (Fsp3) is 0.673. The van der Waals surface area contributed by atoms with E-state index in [-0.39, 0.29) is 38.6 Å². The van der Waals surface area contributed by atoms with Crippen molar-refractivity contribution >= 4 is 17.9 Å². The predicted molar refractivity (Wildman–Crippen MR) is 253 cm³/mol. The first-order valence-electron chi connectivity index (χ1n) is 23.8. The number of unbranched alkanes of at least 4 members (excludes halogenated alkanes) is 13. The summed E-state index contributed by atoms with van der Waals surface area (Å²) in [6.45, 7) is 4.67. The van der Waals surface area contributed by atoms with Gasteiger partial charge in [0.25, 0.3) is 6.29 Å². The number of hydrogen-bond acceptors (Lipinski definition) is 7. The summed E-state index contributed by atoms with van der Waals surface area (Å²) < 4.78 is 22.7. The zero-order valence-electron chi connectivity index (χ0n) is 39.3. The highest BCUT2D eigenvalue weighted by Crippen LogP contribution is 2.12. The summed E-state index contributed by atoms with van der Waals surface area (Å²) in [6.07, 6.45) is 52.1. The van der Waals surface area contributed by atoms with Crippen molar-refractivity contribution in [1.29, 1.82) is 0 Å². The van der Waals surface area contributed by atoms with Crippen LogP contribution >= 0.6 is 0 Å². The summed E-state index contributed by atoms with van der Waals surface area (Å²) in [5.74, 6) is -2.06. The molecule has 0 bridgehead atoms. The number of carboxylic acids is 1. The average Bonchev–Trinajstić information content (AvgIpc) is 3.22. The van der Waals surface area contributed by atoms with E-state index in [9.17, 15) is 19.5 Å². The van der Waals surface area contributed by atoms with Gasteiger partial charge in [0.1, 0.15) is 13.2 Å². The van der Waals surface area contributed by atoms with Gasteiger partial charge < -0.3 is 28.5 Å². The predicted octanol–water partition coefficient (Wildman–Crippen LogP) is 12.9. The van der Waals surface area contributed by atoms with Gasteiger partial charge in [-0.05, 0) is 89.9 Å². The van der Waals surface area contributed by atoms with E-state index in [1.165, 1.54) is 25.7 Å². The molecule has 0 amide bonds. The Morgan fingerprint density at radius 2 is 0.934 bits per heavy atom. The van der Waals surface area contributed by atoms with Crippen LogP contribution in [0.4, 0.5) is 0 Å². The molecule has 9 nitrogen and oxygen atoms in total. The first-order chi connectivity index (χ1) is 29.6. The van der Waals surface area contributed by atoms with Crippen LogP contribution in [0.2, 0.25) is 0 Å². The van der Waals surface area contributed by atoms with Gasteiger partial charge >= 0.3 is 17.9 Å². The second-order valence-corrected chi connectivity index (χ2v) is 16.7. The second-order valence-electron chi connectivity index (χ2n) is 16.7. The number of aliphatic carboxylic acids is 1. The van der Waals surface area contributed by atoms with Gasteiger partial charge in [-0.25, -0.2) is 4.79 Å². The minimum atomic E-state index is -1.52. The van der Waals surface area contributed by atoms with Gasteiger partial charge in [0.05, 0.1) is 34.4 Å². The standard InChI is InChI=1S/C52H87NO8/c1-6-8-10-12-14-16-18-20-22-23-24-25-26-27-29-31-33-35-37-39-41-43-50(55)61-48(47-60-52(51(56)57)58-45-44-53(3,4)5)46-59-49(54)42-40-38-36-34-32-30-28-21-19-17-15-13-11-9-7-2/h8,10,14-17,20-22,24-25,27-29,48,52H,6-7,9,11-13,18-19,23,26,30-47H2,1-5H3/p+1/b10-8-,16-14-,17-15-,22-20-,25-24-,28-21-,29-27-. The summed E-state index contributed by atoms with van der Waals surface area (Å²) in [5.41, 5.74) is 0. The second kappa shape index (κ2) is 43.1. The first kappa shape index (κ1) is 57.5. The number of rotatable bonds is 42. The maximum Gasteiger partial charge on any atom is 0.361 e. The number of likely N-dealkylation sites (N-methyl/N-ethyl adjacent to an activating group) is 1. The first-order valence-corrected chi connectivity index (χ1v) is 23.8. The van der Waals surface area contributed by atoms with Crippen molar-refractivity contribution in [2.45, 2.75) is 180 Å². The number of allylic oxidation sites excluding steroid dienone is 14. The molecule has 0 aliphatic carbocycles. The maximum absolute atomic E-state index is 12.8. The van der Waals surface area contributed by atoms with E-state index in [2.05, 4.69) is 98.9 Å². The average molecular weight is 855 g/mol. The van der Waals surface area contributed by atoms with Crippen LogP contribution in [0.5, 0.6) is 0 Å². The Kier molecular flexibility index (Phi) is 40.6. The number of carbonyl (C=O) groups is 3. The smallest absolute Gasteiger partial charge is 0.361 e. The number of carboxylic acid groups (broad SMARTS) is 1. The topological polar surface area (TPSA) is 108 Å². The van der Waals surface area contributed by atoms with E-state index in [0.29, 0.717) is 17.4 Å². The highest BCUT2D eigenvalue weighted by molar-refractivity contribution is 5.71. The van der Waals surface area contributed by atoms with Crippen molar-refractivity contribution < 1.29 is 42.9 Å². The molecule has 348 valence electrons. The van der Waals surface area contributed by atoms with Crippen LogP contribution in [0.25, 0.3) is 0 Å². The fourth-order valence-corrected chi connectivity index (χ4v) is 5.95. The zero-order chi connectivity index (χ0) is 44.9. The largest absolute Gasteiger partial charge is 0.477 e. The van der Waals surface area contributed by atoms with Crippen LogP contribution in [-0.2, 0) is 33.3 Å². The number of esters is 2. The van der Waals surface area contributed by atoms with Gasteiger partial charge in [0, 0.05) is 12.8 Å². The number of hydrogen-bond donors (Lipinski definition) is 1. The van der Waals surface area contributed by atoms with Gasteiger partial charge in [-0.15, -0.1) is 0 Å². The molecule has 2 atom stereocenters. The Morgan fingerprint density at radius 1 is 0.508 bits per heavy atom. The van der Waals surface area contributed by atoms with E-state index in [4.69, 9.17) is 18.9 Å². The lowest BCUT2D eigenvalue weighted by atomic mass is 10.1. The summed E-state index contributed by atoms with van der Waals surface area (Å²) in [6, 6.07) is 0. The molecule has 0 heterocycles. The molecule has 2 unspecified atom stereocenters. The lowest BCUT2D eigenvalue weighted by Gasteiger charge is -2.25. The SMILES string of the molecule is CC/C=C\C/C=C\C/C=C\C/C=C\C/C=C\CCCCCCCC(=O)OC(COC(=O)CCCCCCC/C=C\C/C=C\CCCCC)COC(OCC[N+](C)(C)C)C(=O)O. The zero-order valence-corrected chi connectivity index (χ0v) is 39.3. The Balaban J connectivity index is 4.48. The summed E-state index contributed by atoms with van der Waals surface area (Å²) in [4.78, 5) is 37.2. The third kappa shape index (κ3) is 44.3. The lowest BCUT2D eigenvalue weighted by Crippen LogP contribution is -2.40. The Bertz CT molecular complexity index is 1270. The Labute approximate surface area is 372 Å². The van der Waals surface area contributed by atoms with E-state index < -0.39 is 24.3 Å². The van der Waals surface area contributed by atoms with Crippen LogP contribution in [0, 0.1) is 0 Å². The Hall–Kier alpha value is -3.53. The molecule has 0 aromatic rings. The molecule has 0 aliphatic rings. The Morgan fingerprint density at radius 3 is 1.39 bits per heavy atom. The van der Waals surface area contributed by atoms with Crippen molar-refractivity contribution in [3.63, 3.8) is 0 Å². The number of quaternary nitrogens is 1. The van der Waals surface area contributed by atoms with Crippen LogP contribution in [0.3, 0.4) is 0 Å².